The molecule has 0 aliphatic carbocycles. The molecule has 0 radical (unpaired) electrons. The maximum absolute atomic E-state index is 13.2. The fraction of sp³-hybridized carbons (Fsp3) is 0.316. The van der Waals surface area contributed by atoms with Gasteiger partial charge in [0, 0.05) is 43.1 Å². The van der Waals surface area contributed by atoms with Crippen molar-refractivity contribution in [3.05, 3.63) is 59.9 Å². The van der Waals surface area contributed by atoms with Crippen molar-refractivity contribution in [2.24, 2.45) is 0 Å². The summed E-state index contributed by atoms with van der Waals surface area (Å²) >= 11 is 0. The Morgan fingerprint density at radius 1 is 1.07 bits per heavy atom. The van der Waals surface area contributed by atoms with Crippen LogP contribution in [-0.2, 0) is 10.0 Å². The van der Waals surface area contributed by atoms with Gasteiger partial charge in [0.05, 0.1) is 5.75 Å². The topological polar surface area (TPSA) is 69.7 Å². The number of hydrogen-bond donors (Lipinski definition) is 1. The van der Waals surface area contributed by atoms with Crippen molar-refractivity contribution in [1.29, 1.82) is 0 Å². The summed E-state index contributed by atoms with van der Waals surface area (Å²) in [5.74, 6) is -0.713. The SMILES string of the molecule is CCS(=O)(=O)N1CCN(c2ccc(NC(=O)c3cccc(F)c3)cc2)CC1. The first-order chi connectivity index (χ1) is 12.9. The predicted octanol–water partition coefficient (Wildman–Crippen LogP) is 2.55. The zero-order valence-electron chi connectivity index (χ0n) is 15.1. The maximum atomic E-state index is 13.2. The third-order valence-electron chi connectivity index (χ3n) is 4.57. The lowest BCUT2D eigenvalue weighted by Crippen LogP contribution is -2.49. The molecule has 2 aromatic rings. The predicted molar refractivity (Wildman–Crippen MR) is 104 cm³/mol. The smallest absolute Gasteiger partial charge is 0.255 e. The lowest BCUT2D eigenvalue weighted by molar-refractivity contribution is 0.102. The molecule has 1 fully saturated rings. The molecule has 1 saturated heterocycles. The first-order valence-electron chi connectivity index (χ1n) is 8.79. The summed E-state index contributed by atoms with van der Waals surface area (Å²) in [4.78, 5) is 14.3. The molecule has 8 heteroatoms. The van der Waals surface area contributed by atoms with Gasteiger partial charge in [-0.3, -0.25) is 4.79 Å². The standard InChI is InChI=1S/C19H22FN3O3S/c1-2-27(25,26)23-12-10-22(11-13-23)18-8-6-17(7-9-18)21-19(24)15-4-3-5-16(20)14-15/h3-9,14H,2,10-13H2,1H3,(H,21,24). The molecule has 0 aromatic heterocycles. The van der Waals surface area contributed by atoms with Gasteiger partial charge in [0.25, 0.3) is 5.91 Å². The highest BCUT2D eigenvalue weighted by molar-refractivity contribution is 7.89. The van der Waals surface area contributed by atoms with Crippen LogP contribution in [0.2, 0.25) is 0 Å². The minimum Gasteiger partial charge on any atom is -0.369 e. The number of sulfonamides is 1. The van der Waals surface area contributed by atoms with E-state index in [0.29, 0.717) is 31.9 Å². The molecule has 1 amide bonds. The highest BCUT2D eigenvalue weighted by Crippen LogP contribution is 2.21. The normalized spacial score (nSPS) is 15.6. The van der Waals surface area contributed by atoms with Gasteiger partial charge in [0.1, 0.15) is 5.82 Å². The van der Waals surface area contributed by atoms with Crippen LogP contribution in [-0.4, -0.2) is 50.6 Å². The van der Waals surface area contributed by atoms with Crippen LogP contribution in [0.5, 0.6) is 0 Å². The summed E-state index contributed by atoms with van der Waals surface area (Å²) in [6.07, 6.45) is 0. The Morgan fingerprint density at radius 2 is 1.74 bits per heavy atom. The van der Waals surface area contributed by atoms with Gasteiger partial charge in [-0.25, -0.2) is 12.8 Å². The fourth-order valence-corrected chi connectivity index (χ4v) is 4.08. The van der Waals surface area contributed by atoms with Crippen LogP contribution in [0.1, 0.15) is 17.3 Å². The summed E-state index contributed by atoms with van der Waals surface area (Å²) in [6, 6.07) is 12.8. The van der Waals surface area contributed by atoms with Crippen LogP contribution in [0, 0.1) is 5.82 Å². The van der Waals surface area contributed by atoms with Crippen molar-refractivity contribution in [3.8, 4) is 0 Å². The molecule has 0 bridgehead atoms. The van der Waals surface area contributed by atoms with Gasteiger partial charge >= 0.3 is 0 Å². The van der Waals surface area contributed by atoms with Crippen molar-refractivity contribution in [2.45, 2.75) is 6.92 Å². The molecule has 3 rings (SSSR count). The van der Waals surface area contributed by atoms with Gasteiger partial charge < -0.3 is 10.2 Å². The van der Waals surface area contributed by atoms with Gasteiger partial charge in [-0.05, 0) is 49.4 Å². The maximum Gasteiger partial charge on any atom is 0.255 e. The van der Waals surface area contributed by atoms with E-state index in [1.165, 1.54) is 22.5 Å². The average Bonchev–Trinajstić information content (AvgIpc) is 2.68. The van der Waals surface area contributed by atoms with Crippen LogP contribution in [0.15, 0.2) is 48.5 Å². The summed E-state index contributed by atoms with van der Waals surface area (Å²) in [5.41, 5.74) is 1.83. The Bertz CT molecular complexity index is 908. The summed E-state index contributed by atoms with van der Waals surface area (Å²) < 4.78 is 38.6. The molecule has 0 atom stereocenters. The number of amides is 1. The number of benzene rings is 2. The molecule has 0 unspecified atom stereocenters. The van der Waals surface area contributed by atoms with E-state index in [1.54, 1.807) is 25.1 Å². The Labute approximate surface area is 158 Å². The molecule has 0 saturated carbocycles. The third kappa shape index (κ3) is 4.64. The molecule has 1 aliphatic heterocycles. The van der Waals surface area contributed by atoms with Crippen LogP contribution in [0.4, 0.5) is 15.8 Å². The average molecular weight is 391 g/mol. The summed E-state index contributed by atoms with van der Waals surface area (Å²) in [6.45, 7) is 3.82. The number of carbonyl (C=O) groups is 1. The molecule has 1 N–H and O–H groups in total. The van der Waals surface area contributed by atoms with Crippen molar-refractivity contribution in [3.63, 3.8) is 0 Å². The molecule has 2 aromatic carbocycles. The largest absolute Gasteiger partial charge is 0.369 e. The molecule has 1 heterocycles. The second kappa shape index (κ2) is 8.06. The molecule has 1 aliphatic rings. The van der Waals surface area contributed by atoms with E-state index >= 15 is 0 Å². The fourth-order valence-electron chi connectivity index (χ4n) is 3.00. The Morgan fingerprint density at radius 3 is 2.33 bits per heavy atom. The van der Waals surface area contributed by atoms with Crippen LogP contribution >= 0.6 is 0 Å². The van der Waals surface area contributed by atoms with Crippen LogP contribution < -0.4 is 10.2 Å². The lowest BCUT2D eigenvalue weighted by Gasteiger charge is -2.35. The number of rotatable bonds is 5. The molecule has 6 nitrogen and oxygen atoms in total. The Kier molecular flexibility index (Phi) is 5.76. The third-order valence-corrected chi connectivity index (χ3v) is 6.46. The summed E-state index contributed by atoms with van der Waals surface area (Å²) in [7, 11) is -3.14. The molecule has 144 valence electrons. The van der Waals surface area contributed by atoms with Crippen molar-refractivity contribution >= 4 is 27.3 Å². The van der Waals surface area contributed by atoms with Gasteiger partial charge in [-0.2, -0.15) is 4.31 Å². The first-order valence-corrected chi connectivity index (χ1v) is 10.4. The number of nitrogens with one attached hydrogen (secondary N) is 1. The first kappa shape index (κ1) is 19.3. The number of carbonyl (C=O) groups excluding carboxylic acids is 1. The zero-order chi connectivity index (χ0) is 19.4. The second-order valence-corrected chi connectivity index (χ2v) is 8.56. The zero-order valence-corrected chi connectivity index (χ0v) is 15.9. The highest BCUT2D eigenvalue weighted by Gasteiger charge is 2.25. The molecule has 0 spiro atoms. The van der Waals surface area contributed by atoms with E-state index in [-0.39, 0.29) is 17.2 Å². The highest BCUT2D eigenvalue weighted by atomic mass is 32.2. The molecule has 27 heavy (non-hydrogen) atoms. The number of piperazine rings is 1. The lowest BCUT2D eigenvalue weighted by atomic mass is 10.2. The Hall–Kier alpha value is -2.45. The van der Waals surface area contributed by atoms with E-state index in [9.17, 15) is 17.6 Å². The number of halogens is 1. The van der Waals surface area contributed by atoms with E-state index in [1.807, 2.05) is 12.1 Å². The van der Waals surface area contributed by atoms with E-state index in [2.05, 4.69) is 10.2 Å². The quantitative estimate of drug-likeness (QED) is 0.851. The van der Waals surface area contributed by atoms with Gasteiger partial charge in [-0.1, -0.05) is 6.07 Å². The van der Waals surface area contributed by atoms with Crippen LogP contribution in [0.3, 0.4) is 0 Å². The minimum atomic E-state index is -3.14. The van der Waals surface area contributed by atoms with Gasteiger partial charge in [-0.15, -0.1) is 0 Å². The summed E-state index contributed by atoms with van der Waals surface area (Å²) in [5, 5.41) is 2.74. The van der Waals surface area contributed by atoms with Crippen LogP contribution in [0.25, 0.3) is 0 Å². The van der Waals surface area contributed by atoms with E-state index in [0.717, 1.165) is 5.69 Å². The van der Waals surface area contributed by atoms with Gasteiger partial charge in [0.2, 0.25) is 10.0 Å². The second-order valence-electron chi connectivity index (χ2n) is 6.30. The van der Waals surface area contributed by atoms with Gasteiger partial charge in [0.15, 0.2) is 0 Å². The van der Waals surface area contributed by atoms with E-state index < -0.39 is 15.8 Å². The van der Waals surface area contributed by atoms with Crippen molar-refractivity contribution in [2.75, 3.05) is 42.1 Å². The molecular weight excluding hydrogens is 369 g/mol. The monoisotopic (exact) mass is 391 g/mol. The number of hydrogen-bond acceptors (Lipinski definition) is 4. The number of anilines is 2. The number of nitrogens with zero attached hydrogens (tertiary/aromatic N) is 2. The van der Waals surface area contributed by atoms with Crippen molar-refractivity contribution in [1.82, 2.24) is 4.31 Å². The van der Waals surface area contributed by atoms with Crippen molar-refractivity contribution < 1.29 is 17.6 Å². The molecular formula is C19H22FN3O3S. The Balaban J connectivity index is 1.60. The minimum absolute atomic E-state index is 0.118. The van der Waals surface area contributed by atoms with E-state index in [4.69, 9.17) is 0 Å².